The van der Waals surface area contributed by atoms with Crippen molar-refractivity contribution in [3.8, 4) is 0 Å². The molecule has 6 heteroatoms. The number of nitrogens with one attached hydrogen (secondary N) is 1. The van der Waals surface area contributed by atoms with Crippen LogP contribution in [0.25, 0.3) is 0 Å². The van der Waals surface area contributed by atoms with Gasteiger partial charge in [-0.15, -0.1) is 10.2 Å². The van der Waals surface area contributed by atoms with E-state index in [9.17, 15) is 4.79 Å². The Balaban J connectivity index is 1.75. The van der Waals surface area contributed by atoms with Crippen LogP contribution in [0.3, 0.4) is 0 Å². The third kappa shape index (κ3) is 3.48. The van der Waals surface area contributed by atoms with Gasteiger partial charge in [-0.1, -0.05) is 18.2 Å². The second-order valence-electron chi connectivity index (χ2n) is 6.96. The standard InChI is InChI=1S/C18H22N4O2/c1-12-11-13-7-5-6-8-14(13)22(12)16-10-9-15(20-21-16)19-17(23)24-18(2,3)4/h5-10,12H,11H2,1-4H3,(H,19,20,23). The lowest BCUT2D eigenvalue weighted by Gasteiger charge is -2.23. The molecule has 0 radical (unpaired) electrons. The maximum Gasteiger partial charge on any atom is 0.413 e. The highest BCUT2D eigenvalue weighted by Gasteiger charge is 2.27. The number of fused-ring (bicyclic) bond motifs is 1. The SMILES string of the molecule is CC1Cc2ccccc2N1c1ccc(NC(=O)OC(C)(C)C)nn1. The topological polar surface area (TPSA) is 67.4 Å². The molecule has 0 saturated heterocycles. The van der Waals surface area contributed by atoms with Crippen LogP contribution in [0.5, 0.6) is 0 Å². The number of hydrogen-bond donors (Lipinski definition) is 1. The lowest BCUT2D eigenvalue weighted by molar-refractivity contribution is 0.0635. The van der Waals surface area contributed by atoms with Crippen LogP contribution in [0.4, 0.5) is 22.1 Å². The summed E-state index contributed by atoms with van der Waals surface area (Å²) in [5.74, 6) is 1.13. The van der Waals surface area contributed by atoms with Gasteiger partial charge >= 0.3 is 6.09 Å². The van der Waals surface area contributed by atoms with Crippen LogP contribution < -0.4 is 10.2 Å². The smallest absolute Gasteiger partial charge is 0.413 e. The summed E-state index contributed by atoms with van der Waals surface area (Å²) in [6, 6.07) is 12.2. The average Bonchev–Trinajstić information content (AvgIpc) is 2.82. The lowest BCUT2D eigenvalue weighted by Crippen LogP contribution is -2.28. The molecule has 1 aliphatic rings. The number of benzene rings is 1. The van der Waals surface area contributed by atoms with Gasteiger partial charge in [0, 0.05) is 11.7 Å². The molecule has 0 aliphatic carbocycles. The molecule has 0 saturated carbocycles. The third-order valence-electron chi connectivity index (χ3n) is 3.73. The number of para-hydroxylation sites is 1. The van der Waals surface area contributed by atoms with Crippen molar-refractivity contribution in [2.24, 2.45) is 0 Å². The Labute approximate surface area is 141 Å². The predicted molar refractivity (Wildman–Crippen MR) is 93.6 cm³/mol. The fraction of sp³-hybridized carbons (Fsp3) is 0.389. The quantitative estimate of drug-likeness (QED) is 0.906. The van der Waals surface area contributed by atoms with E-state index in [2.05, 4.69) is 45.5 Å². The number of anilines is 3. The van der Waals surface area contributed by atoms with Gasteiger partial charge in [0.15, 0.2) is 11.6 Å². The number of carbonyl (C=O) groups excluding carboxylic acids is 1. The average molecular weight is 326 g/mol. The van der Waals surface area contributed by atoms with Gasteiger partial charge in [-0.2, -0.15) is 0 Å². The Morgan fingerprint density at radius 1 is 1.21 bits per heavy atom. The molecule has 0 bridgehead atoms. The van der Waals surface area contributed by atoms with E-state index in [0.717, 1.165) is 17.9 Å². The molecule has 1 N–H and O–H groups in total. The van der Waals surface area contributed by atoms with Crippen LogP contribution in [0.1, 0.15) is 33.3 Å². The summed E-state index contributed by atoms with van der Waals surface area (Å²) < 4.78 is 5.21. The molecule has 24 heavy (non-hydrogen) atoms. The molecule has 0 spiro atoms. The zero-order valence-corrected chi connectivity index (χ0v) is 14.4. The molecule has 6 nitrogen and oxygen atoms in total. The Bertz CT molecular complexity index is 737. The first-order valence-corrected chi connectivity index (χ1v) is 8.04. The summed E-state index contributed by atoms with van der Waals surface area (Å²) >= 11 is 0. The summed E-state index contributed by atoms with van der Waals surface area (Å²) in [7, 11) is 0. The molecule has 1 aliphatic heterocycles. The Morgan fingerprint density at radius 3 is 2.62 bits per heavy atom. The van der Waals surface area contributed by atoms with Crippen LogP contribution in [0, 0.1) is 0 Å². The number of nitrogens with zero attached hydrogens (tertiary/aromatic N) is 3. The first-order chi connectivity index (χ1) is 11.3. The van der Waals surface area contributed by atoms with Gasteiger partial charge < -0.3 is 9.64 Å². The monoisotopic (exact) mass is 326 g/mol. The normalized spacial score (nSPS) is 16.7. The lowest BCUT2D eigenvalue weighted by atomic mass is 10.1. The minimum absolute atomic E-state index is 0.321. The predicted octanol–water partition coefficient (Wildman–Crippen LogP) is 3.91. The van der Waals surface area contributed by atoms with Crippen molar-refractivity contribution in [3.63, 3.8) is 0 Å². The fourth-order valence-electron chi connectivity index (χ4n) is 2.84. The van der Waals surface area contributed by atoms with Crippen molar-refractivity contribution < 1.29 is 9.53 Å². The summed E-state index contributed by atoms with van der Waals surface area (Å²) in [5, 5.41) is 11.0. The molecule has 1 aromatic carbocycles. The van der Waals surface area contributed by atoms with Gasteiger partial charge in [0.2, 0.25) is 0 Å². The molecule has 1 aromatic heterocycles. The Kier molecular flexibility index (Phi) is 4.13. The second kappa shape index (κ2) is 6.11. The molecule has 2 heterocycles. The molecule has 0 fully saturated rings. The van der Waals surface area contributed by atoms with Crippen LogP contribution in [0.15, 0.2) is 36.4 Å². The number of rotatable bonds is 2. The minimum Gasteiger partial charge on any atom is -0.444 e. The largest absolute Gasteiger partial charge is 0.444 e. The van der Waals surface area contributed by atoms with Crippen molar-refractivity contribution in [1.82, 2.24) is 10.2 Å². The third-order valence-corrected chi connectivity index (χ3v) is 3.73. The van der Waals surface area contributed by atoms with E-state index in [1.165, 1.54) is 5.56 Å². The number of hydrogen-bond acceptors (Lipinski definition) is 5. The molecule has 1 atom stereocenters. The van der Waals surface area contributed by atoms with Gasteiger partial charge in [0.25, 0.3) is 0 Å². The van der Waals surface area contributed by atoms with Crippen molar-refractivity contribution in [2.45, 2.75) is 45.8 Å². The fourth-order valence-corrected chi connectivity index (χ4v) is 2.84. The van der Waals surface area contributed by atoms with Crippen LogP contribution in [-0.2, 0) is 11.2 Å². The first kappa shape index (κ1) is 16.2. The van der Waals surface area contributed by atoms with Gasteiger partial charge in [-0.3, -0.25) is 5.32 Å². The van der Waals surface area contributed by atoms with Crippen LogP contribution >= 0.6 is 0 Å². The number of carbonyl (C=O) groups is 1. The maximum absolute atomic E-state index is 11.8. The zero-order chi connectivity index (χ0) is 17.3. The van der Waals surface area contributed by atoms with Gasteiger partial charge in [-0.05, 0) is 57.9 Å². The summed E-state index contributed by atoms with van der Waals surface area (Å²) in [5.41, 5.74) is 1.92. The van der Waals surface area contributed by atoms with Crippen LogP contribution in [-0.4, -0.2) is 27.9 Å². The molecule has 126 valence electrons. The highest BCUT2D eigenvalue weighted by molar-refractivity contribution is 5.83. The van der Waals surface area contributed by atoms with E-state index in [-0.39, 0.29) is 0 Å². The van der Waals surface area contributed by atoms with Crippen molar-refractivity contribution in [3.05, 3.63) is 42.0 Å². The zero-order valence-electron chi connectivity index (χ0n) is 14.4. The molecule has 2 aromatic rings. The Hall–Kier alpha value is -2.63. The van der Waals surface area contributed by atoms with Crippen LogP contribution in [0.2, 0.25) is 0 Å². The second-order valence-corrected chi connectivity index (χ2v) is 6.96. The Morgan fingerprint density at radius 2 is 1.96 bits per heavy atom. The highest BCUT2D eigenvalue weighted by atomic mass is 16.6. The van der Waals surface area contributed by atoms with Crippen molar-refractivity contribution >= 4 is 23.4 Å². The summed E-state index contributed by atoms with van der Waals surface area (Å²) in [6.07, 6.45) is 0.444. The molecule has 1 amide bonds. The summed E-state index contributed by atoms with van der Waals surface area (Å²) in [4.78, 5) is 13.9. The number of amides is 1. The molecular weight excluding hydrogens is 304 g/mol. The molecule has 3 rings (SSSR count). The van der Waals surface area contributed by atoms with E-state index >= 15 is 0 Å². The van der Waals surface area contributed by atoms with Gasteiger partial charge in [-0.25, -0.2) is 4.79 Å². The van der Waals surface area contributed by atoms with Crippen molar-refractivity contribution in [2.75, 3.05) is 10.2 Å². The summed E-state index contributed by atoms with van der Waals surface area (Å²) in [6.45, 7) is 7.60. The molecule has 1 unspecified atom stereocenters. The number of aromatic nitrogens is 2. The van der Waals surface area contributed by atoms with E-state index in [4.69, 9.17) is 4.74 Å². The minimum atomic E-state index is -0.549. The van der Waals surface area contributed by atoms with E-state index < -0.39 is 11.7 Å². The number of ether oxygens (including phenoxy) is 1. The highest BCUT2D eigenvalue weighted by Crippen LogP contribution is 2.36. The van der Waals surface area contributed by atoms with Crippen molar-refractivity contribution in [1.29, 1.82) is 0 Å². The van der Waals surface area contributed by atoms with E-state index in [0.29, 0.717) is 11.9 Å². The van der Waals surface area contributed by atoms with Gasteiger partial charge in [0.05, 0.1) is 0 Å². The van der Waals surface area contributed by atoms with E-state index in [1.807, 2.05) is 32.9 Å². The van der Waals surface area contributed by atoms with E-state index in [1.54, 1.807) is 6.07 Å². The molecular formula is C18H22N4O2. The maximum atomic E-state index is 11.8. The first-order valence-electron chi connectivity index (χ1n) is 8.04. The van der Waals surface area contributed by atoms with Gasteiger partial charge in [0.1, 0.15) is 5.60 Å².